The maximum atomic E-state index is 12.5. The Kier molecular flexibility index (Phi) is 5.01. The minimum Gasteiger partial charge on any atom is -0.323 e. The summed E-state index contributed by atoms with van der Waals surface area (Å²) in [6, 6.07) is 0. The van der Waals surface area contributed by atoms with Crippen LogP contribution in [0.25, 0.3) is 5.78 Å². The third-order valence-electron chi connectivity index (χ3n) is 4.67. The molecule has 0 fully saturated rings. The molecule has 0 saturated heterocycles. The summed E-state index contributed by atoms with van der Waals surface area (Å²) < 4.78 is 3.66. The van der Waals surface area contributed by atoms with Crippen LogP contribution in [0.5, 0.6) is 0 Å². The molecular weight excluding hydrogens is 330 g/mol. The number of nitrogens with one attached hydrogen (secondary N) is 1. The highest BCUT2D eigenvalue weighted by atomic mass is 16.1. The Balaban J connectivity index is 1.72. The first-order chi connectivity index (χ1) is 12.4. The second-order valence-corrected chi connectivity index (χ2v) is 6.55. The van der Waals surface area contributed by atoms with E-state index < -0.39 is 0 Å². The summed E-state index contributed by atoms with van der Waals surface area (Å²) in [6.45, 7) is 10.8. The van der Waals surface area contributed by atoms with Gasteiger partial charge in [-0.25, -0.2) is 9.50 Å². The second-order valence-electron chi connectivity index (χ2n) is 6.55. The molecule has 1 N–H and O–H groups in total. The van der Waals surface area contributed by atoms with Crippen LogP contribution in [0.2, 0.25) is 0 Å². The Bertz CT molecular complexity index is 954. The lowest BCUT2D eigenvalue weighted by atomic mass is 10.1. The summed E-state index contributed by atoms with van der Waals surface area (Å²) in [4.78, 5) is 21.1. The fraction of sp³-hybridized carbons (Fsp3) is 0.500. The van der Waals surface area contributed by atoms with Crippen LogP contribution in [-0.4, -0.2) is 35.3 Å². The number of fused-ring (bicyclic) bond motifs is 1. The molecule has 0 bridgehead atoms. The lowest BCUT2D eigenvalue weighted by Crippen LogP contribution is -2.15. The molecule has 0 radical (unpaired) electrons. The van der Waals surface area contributed by atoms with E-state index in [0.717, 1.165) is 47.0 Å². The maximum Gasteiger partial charge on any atom is 0.252 e. The van der Waals surface area contributed by atoms with Crippen molar-refractivity contribution < 1.29 is 4.79 Å². The Hall–Kier alpha value is -2.77. The van der Waals surface area contributed by atoms with Gasteiger partial charge in [0.1, 0.15) is 6.33 Å². The van der Waals surface area contributed by atoms with Gasteiger partial charge in [-0.05, 0) is 46.1 Å². The van der Waals surface area contributed by atoms with Crippen LogP contribution >= 0.6 is 0 Å². The molecule has 8 nitrogen and oxygen atoms in total. The van der Waals surface area contributed by atoms with Gasteiger partial charge in [0.05, 0.1) is 17.1 Å². The van der Waals surface area contributed by atoms with Gasteiger partial charge in [0.25, 0.3) is 5.78 Å². The number of carbonyl (C=O) groups excluding carboxylic acids is 1. The van der Waals surface area contributed by atoms with E-state index in [4.69, 9.17) is 0 Å². The van der Waals surface area contributed by atoms with Gasteiger partial charge in [-0.15, -0.1) is 0 Å². The van der Waals surface area contributed by atoms with Crippen LogP contribution < -0.4 is 5.32 Å². The van der Waals surface area contributed by atoms with Crippen molar-refractivity contribution in [1.82, 2.24) is 29.4 Å². The summed E-state index contributed by atoms with van der Waals surface area (Å²) in [5.41, 5.74) is 5.56. The first-order valence-electron chi connectivity index (χ1n) is 8.92. The molecule has 3 heterocycles. The number of hydrogen-bond donors (Lipinski definition) is 1. The summed E-state index contributed by atoms with van der Waals surface area (Å²) in [5, 5.41) is 11.7. The second kappa shape index (κ2) is 7.23. The number of hydrogen-bond acceptors (Lipinski definition) is 5. The zero-order valence-electron chi connectivity index (χ0n) is 16.0. The van der Waals surface area contributed by atoms with Gasteiger partial charge in [-0.1, -0.05) is 6.92 Å². The highest BCUT2D eigenvalue weighted by Gasteiger charge is 2.16. The van der Waals surface area contributed by atoms with Crippen molar-refractivity contribution in [2.24, 2.45) is 0 Å². The van der Waals surface area contributed by atoms with E-state index in [-0.39, 0.29) is 5.91 Å². The van der Waals surface area contributed by atoms with Crippen LogP contribution in [-0.2, 0) is 17.8 Å². The summed E-state index contributed by atoms with van der Waals surface area (Å²) >= 11 is 0. The number of anilines is 1. The molecule has 26 heavy (non-hydrogen) atoms. The van der Waals surface area contributed by atoms with Crippen molar-refractivity contribution in [3.8, 4) is 0 Å². The Morgan fingerprint density at radius 2 is 1.92 bits per heavy atom. The predicted molar refractivity (Wildman–Crippen MR) is 99.2 cm³/mol. The van der Waals surface area contributed by atoms with Crippen molar-refractivity contribution in [3.05, 3.63) is 34.7 Å². The quantitative estimate of drug-likeness (QED) is 0.734. The summed E-state index contributed by atoms with van der Waals surface area (Å²) in [6.07, 6.45) is 3.48. The van der Waals surface area contributed by atoms with Gasteiger partial charge < -0.3 is 5.32 Å². The average Bonchev–Trinajstić information content (AvgIpc) is 3.15. The number of nitrogens with zero attached hydrogens (tertiary/aromatic N) is 6. The highest BCUT2D eigenvalue weighted by molar-refractivity contribution is 5.92. The Morgan fingerprint density at radius 3 is 2.65 bits per heavy atom. The minimum absolute atomic E-state index is 0.0234. The van der Waals surface area contributed by atoms with Gasteiger partial charge in [-0.2, -0.15) is 15.2 Å². The van der Waals surface area contributed by atoms with Gasteiger partial charge >= 0.3 is 0 Å². The Labute approximate surface area is 152 Å². The lowest BCUT2D eigenvalue weighted by molar-refractivity contribution is -0.116. The molecule has 0 aliphatic carbocycles. The third-order valence-corrected chi connectivity index (χ3v) is 4.67. The standard InChI is InChI=1S/C18H25N7O/c1-6-9-24-14(5)17(12(3)23-24)22-16(26)8-7-15-11(2)21-18-19-10-20-25(18)13(15)4/h10H,6-9H2,1-5H3,(H,22,26). The van der Waals surface area contributed by atoms with Crippen LogP contribution in [0, 0.1) is 27.7 Å². The number of aromatic nitrogens is 6. The molecule has 8 heteroatoms. The van der Waals surface area contributed by atoms with Gasteiger partial charge in [0.15, 0.2) is 0 Å². The van der Waals surface area contributed by atoms with Gasteiger partial charge in [0.2, 0.25) is 5.91 Å². The van der Waals surface area contributed by atoms with Crippen molar-refractivity contribution in [2.45, 2.75) is 60.4 Å². The predicted octanol–water partition coefficient (Wildman–Crippen LogP) is 2.54. The highest BCUT2D eigenvalue weighted by Crippen LogP contribution is 2.21. The molecule has 3 aromatic heterocycles. The molecule has 3 aromatic rings. The zero-order valence-corrected chi connectivity index (χ0v) is 16.0. The molecule has 1 amide bonds. The normalized spacial score (nSPS) is 11.3. The topological polar surface area (TPSA) is 90.0 Å². The molecule has 0 aliphatic heterocycles. The largest absolute Gasteiger partial charge is 0.323 e. The monoisotopic (exact) mass is 355 g/mol. The Morgan fingerprint density at radius 1 is 1.15 bits per heavy atom. The lowest BCUT2D eigenvalue weighted by Gasteiger charge is -2.11. The van der Waals surface area contributed by atoms with Gasteiger partial charge in [0, 0.05) is 24.4 Å². The molecule has 3 rings (SSSR count). The number of amides is 1. The molecule has 0 spiro atoms. The maximum absolute atomic E-state index is 12.5. The number of rotatable bonds is 6. The van der Waals surface area contributed by atoms with E-state index in [1.165, 1.54) is 6.33 Å². The fourth-order valence-electron chi connectivity index (χ4n) is 3.26. The van der Waals surface area contributed by atoms with Crippen LogP contribution in [0.3, 0.4) is 0 Å². The molecule has 0 aromatic carbocycles. The fourth-order valence-corrected chi connectivity index (χ4v) is 3.26. The number of aryl methyl sites for hydroxylation is 4. The van der Waals surface area contributed by atoms with Crippen LogP contribution in [0.1, 0.15) is 48.1 Å². The van der Waals surface area contributed by atoms with Crippen LogP contribution in [0.4, 0.5) is 5.69 Å². The molecule has 0 unspecified atom stereocenters. The smallest absolute Gasteiger partial charge is 0.252 e. The van der Waals surface area contributed by atoms with Crippen molar-refractivity contribution in [1.29, 1.82) is 0 Å². The van der Waals surface area contributed by atoms with E-state index in [1.54, 1.807) is 4.52 Å². The van der Waals surface area contributed by atoms with E-state index >= 15 is 0 Å². The van der Waals surface area contributed by atoms with E-state index in [1.807, 2.05) is 32.4 Å². The first-order valence-corrected chi connectivity index (χ1v) is 8.92. The molecule has 0 aliphatic rings. The van der Waals surface area contributed by atoms with Gasteiger partial charge in [-0.3, -0.25) is 9.48 Å². The van der Waals surface area contributed by atoms with Crippen LogP contribution in [0.15, 0.2) is 6.33 Å². The van der Waals surface area contributed by atoms with E-state index in [9.17, 15) is 4.79 Å². The van der Waals surface area contributed by atoms with E-state index in [2.05, 4.69) is 32.4 Å². The minimum atomic E-state index is -0.0234. The average molecular weight is 355 g/mol. The molecular formula is C18H25N7O. The van der Waals surface area contributed by atoms with E-state index in [0.29, 0.717) is 18.6 Å². The summed E-state index contributed by atoms with van der Waals surface area (Å²) in [5.74, 6) is 0.563. The van der Waals surface area contributed by atoms with Crippen molar-refractivity contribution >= 4 is 17.4 Å². The zero-order chi connectivity index (χ0) is 18.8. The molecule has 138 valence electrons. The van der Waals surface area contributed by atoms with Crippen molar-refractivity contribution in [2.75, 3.05) is 5.32 Å². The third kappa shape index (κ3) is 3.31. The molecule has 0 atom stereocenters. The molecule has 0 saturated carbocycles. The number of carbonyl (C=O) groups is 1. The summed E-state index contributed by atoms with van der Waals surface area (Å²) in [7, 11) is 0. The SMILES string of the molecule is CCCn1nc(C)c(NC(=O)CCc2c(C)nc3ncnn3c2C)c1C. The first kappa shape index (κ1) is 18.0. The van der Waals surface area contributed by atoms with Crippen molar-refractivity contribution in [3.63, 3.8) is 0 Å².